The van der Waals surface area contributed by atoms with Gasteiger partial charge in [0.05, 0.1) is 5.56 Å². The molecule has 3 heterocycles. The van der Waals surface area contributed by atoms with Crippen molar-refractivity contribution in [3.05, 3.63) is 35.2 Å². The van der Waals surface area contributed by atoms with Crippen molar-refractivity contribution in [2.24, 2.45) is 5.92 Å². The van der Waals surface area contributed by atoms with Crippen molar-refractivity contribution >= 4 is 5.91 Å². The minimum absolute atomic E-state index is 0.165. The van der Waals surface area contributed by atoms with E-state index in [4.69, 9.17) is 14.5 Å². The third-order valence-electron chi connectivity index (χ3n) is 3.89. The molecule has 120 valence electrons. The van der Waals surface area contributed by atoms with Gasteiger partial charge in [-0.1, -0.05) is 5.16 Å². The molecule has 1 saturated heterocycles. The second kappa shape index (κ2) is 6.62. The Bertz CT molecular complexity index is 724. The molecule has 0 spiro atoms. The van der Waals surface area contributed by atoms with E-state index < -0.39 is 0 Å². The van der Waals surface area contributed by atoms with E-state index in [1.165, 1.54) is 12.3 Å². The molecule has 0 radical (unpaired) electrons. The Balaban J connectivity index is 1.80. The van der Waals surface area contributed by atoms with Crippen molar-refractivity contribution in [2.75, 3.05) is 13.2 Å². The molecule has 1 amide bonds. The average molecular weight is 315 g/mol. The normalized spacial score (nSPS) is 16.7. The van der Waals surface area contributed by atoms with Gasteiger partial charge in [-0.05, 0) is 31.7 Å². The number of carbonyl (C=O) groups is 1. The Morgan fingerprint density at radius 1 is 1.52 bits per heavy atom. The molecule has 0 unspecified atom stereocenters. The fourth-order valence-electron chi connectivity index (χ4n) is 2.68. The van der Waals surface area contributed by atoms with Crippen molar-refractivity contribution in [3.8, 4) is 6.07 Å². The van der Waals surface area contributed by atoms with Gasteiger partial charge in [-0.15, -0.1) is 0 Å². The second-order valence-corrected chi connectivity index (χ2v) is 5.49. The number of nitrogens with zero attached hydrogens (tertiary/aromatic N) is 3. The molecule has 1 aliphatic rings. The van der Waals surface area contributed by atoms with Crippen LogP contribution in [0, 0.1) is 24.2 Å². The zero-order chi connectivity index (χ0) is 16.2. The van der Waals surface area contributed by atoms with E-state index in [9.17, 15) is 4.79 Å². The number of aromatic nitrogens is 3. The van der Waals surface area contributed by atoms with Crippen LogP contribution in [0.15, 0.2) is 16.8 Å². The second-order valence-electron chi connectivity index (χ2n) is 5.49. The number of nitrogens with one attached hydrogen (secondary N) is 2. The highest BCUT2D eigenvalue weighted by atomic mass is 16.5. The van der Waals surface area contributed by atoms with Crippen molar-refractivity contribution in [1.29, 1.82) is 5.26 Å². The summed E-state index contributed by atoms with van der Waals surface area (Å²) in [6.45, 7) is 3.02. The molecule has 8 nitrogen and oxygen atoms in total. The lowest BCUT2D eigenvalue weighted by Crippen LogP contribution is -2.36. The predicted octanol–water partition coefficient (Wildman–Crippen LogP) is 1.48. The van der Waals surface area contributed by atoms with Gasteiger partial charge in [0.25, 0.3) is 5.91 Å². The summed E-state index contributed by atoms with van der Waals surface area (Å²) in [6.07, 6.45) is 3.11. The summed E-state index contributed by atoms with van der Waals surface area (Å²) in [7, 11) is 0. The highest BCUT2D eigenvalue weighted by Gasteiger charge is 2.31. The van der Waals surface area contributed by atoms with Crippen LogP contribution in [0.25, 0.3) is 0 Å². The molecular formula is C15H17N5O3. The minimum Gasteiger partial charge on any atom is -0.381 e. The van der Waals surface area contributed by atoms with E-state index in [-0.39, 0.29) is 17.9 Å². The molecule has 23 heavy (non-hydrogen) atoms. The number of aryl methyl sites for hydroxylation is 1. The first-order valence-corrected chi connectivity index (χ1v) is 7.44. The van der Waals surface area contributed by atoms with Gasteiger partial charge in [-0.25, -0.2) is 0 Å². The fourth-order valence-corrected chi connectivity index (χ4v) is 2.68. The van der Waals surface area contributed by atoms with Gasteiger partial charge in [0.15, 0.2) is 5.82 Å². The summed E-state index contributed by atoms with van der Waals surface area (Å²) in [4.78, 5) is 19.5. The maximum atomic E-state index is 12.4. The van der Waals surface area contributed by atoms with Crippen molar-refractivity contribution in [2.45, 2.75) is 25.8 Å². The summed E-state index contributed by atoms with van der Waals surface area (Å²) >= 11 is 0. The molecule has 1 atom stereocenters. The van der Waals surface area contributed by atoms with E-state index in [0.717, 1.165) is 12.8 Å². The summed E-state index contributed by atoms with van der Waals surface area (Å²) in [5.41, 5.74) is 0.737. The highest BCUT2D eigenvalue weighted by molar-refractivity contribution is 5.93. The average Bonchev–Trinajstić information content (AvgIpc) is 3.22. The molecule has 0 bridgehead atoms. The SMILES string of the molecule is Cc1noc([C@H](NC(=O)c2cc(C#N)c[nH]2)C2CCOCC2)n1. The third-order valence-corrected chi connectivity index (χ3v) is 3.89. The molecule has 1 fully saturated rings. The summed E-state index contributed by atoms with van der Waals surface area (Å²) in [5.74, 6) is 0.782. The molecule has 0 aliphatic carbocycles. The Labute approximate surface area is 132 Å². The predicted molar refractivity (Wildman–Crippen MR) is 78.3 cm³/mol. The van der Waals surface area contributed by atoms with Gasteiger partial charge in [0.1, 0.15) is 17.8 Å². The fraction of sp³-hybridized carbons (Fsp3) is 0.467. The number of amides is 1. The molecule has 1 aliphatic heterocycles. The number of H-pyrrole nitrogens is 1. The first-order chi connectivity index (χ1) is 11.2. The van der Waals surface area contributed by atoms with Crippen LogP contribution in [0.4, 0.5) is 0 Å². The quantitative estimate of drug-likeness (QED) is 0.882. The summed E-state index contributed by atoms with van der Waals surface area (Å²) in [6, 6.07) is 3.12. The standard InChI is InChI=1S/C15H17N5O3/c1-9-18-15(23-20-9)13(11-2-4-22-5-3-11)19-14(21)12-6-10(7-16)8-17-12/h6,8,11,13,17H,2-5H2,1H3,(H,19,21)/t13-/m1/s1. The van der Waals surface area contributed by atoms with Gasteiger partial charge in [-0.3, -0.25) is 4.79 Å². The van der Waals surface area contributed by atoms with E-state index in [1.54, 1.807) is 6.92 Å². The molecular weight excluding hydrogens is 298 g/mol. The smallest absolute Gasteiger partial charge is 0.268 e. The van der Waals surface area contributed by atoms with E-state index in [1.807, 2.05) is 6.07 Å². The van der Waals surface area contributed by atoms with Crippen LogP contribution in [0.5, 0.6) is 0 Å². The largest absolute Gasteiger partial charge is 0.381 e. The van der Waals surface area contributed by atoms with Gasteiger partial charge >= 0.3 is 0 Å². The van der Waals surface area contributed by atoms with Crippen LogP contribution in [0.3, 0.4) is 0 Å². The Morgan fingerprint density at radius 3 is 2.91 bits per heavy atom. The highest BCUT2D eigenvalue weighted by Crippen LogP contribution is 2.29. The number of hydrogen-bond donors (Lipinski definition) is 2. The van der Waals surface area contributed by atoms with Gasteiger partial charge in [0, 0.05) is 19.4 Å². The maximum Gasteiger partial charge on any atom is 0.268 e. The number of hydrogen-bond acceptors (Lipinski definition) is 6. The van der Waals surface area contributed by atoms with E-state index >= 15 is 0 Å². The number of aromatic amines is 1. The van der Waals surface area contributed by atoms with Crippen molar-refractivity contribution in [3.63, 3.8) is 0 Å². The Morgan fingerprint density at radius 2 is 2.30 bits per heavy atom. The minimum atomic E-state index is -0.374. The van der Waals surface area contributed by atoms with Crippen LogP contribution in [-0.4, -0.2) is 34.2 Å². The molecule has 2 N–H and O–H groups in total. The van der Waals surface area contributed by atoms with Crippen molar-refractivity contribution in [1.82, 2.24) is 20.4 Å². The Kier molecular flexibility index (Phi) is 4.39. The monoisotopic (exact) mass is 315 g/mol. The zero-order valence-electron chi connectivity index (χ0n) is 12.7. The topological polar surface area (TPSA) is 117 Å². The number of nitriles is 1. The first kappa shape index (κ1) is 15.2. The lowest BCUT2D eigenvalue weighted by molar-refractivity contribution is 0.0467. The van der Waals surface area contributed by atoms with E-state index in [2.05, 4.69) is 20.4 Å². The molecule has 2 aromatic rings. The maximum absolute atomic E-state index is 12.4. The van der Waals surface area contributed by atoms with Crippen LogP contribution >= 0.6 is 0 Å². The molecule has 2 aromatic heterocycles. The molecule has 0 saturated carbocycles. The number of carbonyl (C=O) groups excluding carboxylic acids is 1. The first-order valence-electron chi connectivity index (χ1n) is 7.44. The third kappa shape index (κ3) is 3.40. The van der Waals surface area contributed by atoms with Crippen LogP contribution in [-0.2, 0) is 4.74 Å². The van der Waals surface area contributed by atoms with Crippen LogP contribution in [0.1, 0.15) is 46.7 Å². The van der Waals surface area contributed by atoms with Gasteiger partial charge in [-0.2, -0.15) is 10.2 Å². The Hall–Kier alpha value is -2.66. The lowest BCUT2D eigenvalue weighted by Gasteiger charge is -2.28. The molecule has 3 rings (SSSR count). The molecule has 0 aromatic carbocycles. The van der Waals surface area contributed by atoms with Crippen molar-refractivity contribution < 1.29 is 14.1 Å². The van der Waals surface area contributed by atoms with Crippen LogP contribution in [0.2, 0.25) is 0 Å². The lowest BCUT2D eigenvalue weighted by atomic mass is 9.91. The van der Waals surface area contributed by atoms with E-state index in [0.29, 0.717) is 36.2 Å². The number of rotatable bonds is 4. The summed E-state index contributed by atoms with van der Waals surface area (Å²) < 4.78 is 10.6. The van der Waals surface area contributed by atoms with Gasteiger partial charge < -0.3 is 19.6 Å². The molecule has 8 heteroatoms. The van der Waals surface area contributed by atoms with Crippen LogP contribution < -0.4 is 5.32 Å². The summed E-state index contributed by atoms with van der Waals surface area (Å²) in [5, 5.41) is 15.6. The zero-order valence-corrected chi connectivity index (χ0v) is 12.7. The van der Waals surface area contributed by atoms with Gasteiger partial charge in [0.2, 0.25) is 5.89 Å². The number of ether oxygens (including phenoxy) is 1.